The van der Waals surface area contributed by atoms with E-state index in [1.807, 2.05) is 61.7 Å². The molecule has 0 aromatic heterocycles. The number of imide groups is 1. The molecule has 5 heteroatoms. The molecule has 0 N–H and O–H groups in total. The summed E-state index contributed by atoms with van der Waals surface area (Å²) in [6.45, 7) is 4.52. The molecular weight excluding hydrogens is 398 g/mol. The van der Waals surface area contributed by atoms with Crippen molar-refractivity contribution < 1.29 is 9.59 Å². The number of carbonyl (C=O) groups excluding carboxylic acids is 2. The van der Waals surface area contributed by atoms with Crippen molar-refractivity contribution in [1.29, 1.82) is 5.26 Å². The van der Waals surface area contributed by atoms with Gasteiger partial charge in [-0.05, 0) is 41.8 Å². The minimum atomic E-state index is -0.538. The van der Waals surface area contributed by atoms with Gasteiger partial charge in [-0.1, -0.05) is 62.4 Å². The maximum absolute atomic E-state index is 13.1. The molecule has 2 aromatic rings. The molecule has 2 amide bonds. The maximum Gasteiger partial charge on any atom is 0.271 e. The van der Waals surface area contributed by atoms with Gasteiger partial charge in [0.15, 0.2) is 0 Å². The monoisotopic (exact) mass is 423 g/mol. The molecule has 0 atom stereocenters. The number of nitriles is 1. The van der Waals surface area contributed by atoms with Crippen LogP contribution < -0.4 is 4.90 Å². The molecule has 2 heterocycles. The second-order valence-corrected chi connectivity index (χ2v) is 8.54. The highest BCUT2D eigenvalue weighted by molar-refractivity contribution is 6.16. The number of carbonyl (C=O) groups is 2. The number of likely N-dealkylation sites (N-methyl/N-ethyl adjacent to an activating group) is 1. The van der Waals surface area contributed by atoms with Crippen LogP contribution in [0.25, 0.3) is 0 Å². The van der Waals surface area contributed by atoms with Crippen LogP contribution in [0.3, 0.4) is 0 Å². The van der Waals surface area contributed by atoms with Crippen LogP contribution in [0.5, 0.6) is 0 Å². The Morgan fingerprint density at radius 2 is 1.66 bits per heavy atom. The minimum absolute atomic E-state index is 0.0235. The van der Waals surface area contributed by atoms with E-state index in [0.717, 1.165) is 16.9 Å². The molecule has 0 aliphatic carbocycles. The van der Waals surface area contributed by atoms with Crippen LogP contribution in [-0.2, 0) is 21.4 Å². The molecule has 0 spiro atoms. The lowest BCUT2D eigenvalue weighted by atomic mass is 9.83. The van der Waals surface area contributed by atoms with E-state index in [0.29, 0.717) is 12.0 Å². The standard InChI is InChI=1S/C27H25N3O2/c1-27(2)22-11-7-8-12-23(22)29(3)24(27)14-13-20-17-21(18-28)26(32)30(25(20)31)16-15-19-9-5-4-6-10-19/h4-14,17H,15-16H2,1-3H3/b20-13-,24-14+. The van der Waals surface area contributed by atoms with Crippen molar-refractivity contribution in [2.75, 3.05) is 18.5 Å². The Morgan fingerprint density at radius 3 is 2.34 bits per heavy atom. The molecule has 4 rings (SSSR count). The summed E-state index contributed by atoms with van der Waals surface area (Å²) in [6, 6.07) is 19.8. The summed E-state index contributed by atoms with van der Waals surface area (Å²) in [7, 11) is 2.01. The van der Waals surface area contributed by atoms with E-state index in [9.17, 15) is 14.9 Å². The molecule has 0 radical (unpaired) electrons. The summed E-state index contributed by atoms with van der Waals surface area (Å²) in [6.07, 6.45) is 5.58. The van der Waals surface area contributed by atoms with E-state index < -0.39 is 5.91 Å². The summed E-state index contributed by atoms with van der Waals surface area (Å²) in [4.78, 5) is 29.1. The first-order chi connectivity index (χ1) is 15.3. The average Bonchev–Trinajstić information content (AvgIpc) is 2.99. The van der Waals surface area contributed by atoms with Crippen LogP contribution in [0.1, 0.15) is 25.0 Å². The van der Waals surface area contributed by atoms with E-state index in [2.05, 4.69) is 30.9 Å². The molecule has 0 saturated carbocycles. The van der Waals surface area contributed by atoms with Crippen LogP contribution in [-0.4, -0.2) is 30.3 Å². The molecule has 0 unspecified atom stereocenters. The van der Waals surface area contributed by atoms with Crippen LogP contribution >= 0.6 is 0 Å². The first-order valence-corrected chi connectivity index (χ1v) is 10.6. The Hall–Kier alpha value is -3.91. The molecule has 5 nitrogen and oxygen atoms in total. The average molecular weight is 424 g/mol. The minimum Gasteiger partial charge on any atom is -0.347 e. The first-order valence-electron chi connectivity index (χ1n) is 10.6. The summed E-state index contributed by atoms with van der Waals surface area (Å²) >= 11 is 0. The van der Waals surface area contributed by atoms with E-state index in [1.165, 1.54) is 16.5 Å². The molecule has 32 heavy (non-hydrogen) atoms. The van der Waals surface area contributed by atoms with E-state index in [1.54, 1.807) is 6.08 Å². The fourth-order valence-electron chi connectivity index (χ4n) is 4.43. The number of rotatable bonds is 4. The molecule has 2 aromatic carbocycles. The quantitative estimate of drug-likeness (QED) is 0.544. The molecule has 0 fully saturated rings. The van der Waals surface area contributed by atoms with Crippen molar-refractivity contribution in [3.63, 3.8) is 0 Å². The SMILES string of the molecule is CN1/C(=C/C=C2/C=C(C#N)C(=O)N(CCc3ccccc3)C2=O)C(C)(C)c2ccccc21. The number of allylic oxidation sites excluding steroid dienone is 3. The van der Waals surface area contributed by atoms with Gasteiger partial charge in [-0.15, -0.1) is 0 Å². The van der Waals surface area contributed by atoms with Crippen molar-refractivity contribution in [2.45, 2.75) is 25.7 Å². The number of benzene rings is 2. The van der Waals surface area contributed by atoms with Gasteiger partial charge in [-0.2, -0.15) is 5.26 Å². The second kappa shape index (κ2) is 8.32. The zero-order valence-corrected chi connectivity index (χ0v) is 18.5. The van der Waals surface area contributed by atoms with Gasteiger partial charge in [-0.3, -0.25) is 14.5 Å². The van der Waals surface area contributed by atoms with Gasteiger partial charge in [0.05, 0.1) is 0 Å². The topological polar surface area (TPSA) is 64.4 Å². The van der Waals surface area contributed by atoms with Crippen LogP contribution in [0.15, 0.2) is 89.7 Å². The highest BCUT2D eigenvalue weighted by Crippen LogP contribution is 2.46. The lowest BCUT2D eigenvalue weighted by molar-refractivity contribution is -0.140. The Bertz CT molecular complexity index is 1210. The Morgan fingerprint density at radius 1 is 0.969 bits per heavy atom. The number of anilines is 1. The number of nitrogens with zero attached hydrogens (tertiary/aromatic N) is 3. The van der Waals surface area contributed by atoms with Gasteiger partial charge in [0.1, 0.15) is 11.6 Å². The van der Waals surface area contributed by atoms with Gasteiger partial charge in [0.25, 0.3) is 11.8 Å². The number of para-hydroxylation sites is 1. The fourth-order valence-corrected chi connectivity index (χ4v) is 4.43. The number of hydrogen-bond acceptors (Lipinski definition) is 4. The van der Waals surface area contributed by atoms with Gasteiger partial charge < -0.3 is 4.90 Å². The van der Waals surface area contributed by atoms with E-state index in [-0.39, 0.29) is 23.4 Å². The third kappa shape index (κ3) is 3.65. The smallest absolute Gasteiger partial charge is 0.271 e. The van der Waals surface area contributed by atoms with Crippen molar-refractivity contribution in [3.8, 4) is 6.07 Å². The summed E-state index contributed by atoms with van der Waals surface area (Å²) in [5, 5.41) is 9.46. The largest absolute Gasteiger partial charge is 0.347 e. The van der Waals surface area contributed by atoms with E-state index >= 15 is 0 Å². The van der Waals surface area contributed by atoms with Gasteiger partial charge in [0, 0.05) is 36.0 Å². The summed E-state index contributed by atoms with van der Waals surface area (Å²) in [5.41, 5.74) is 4.50. The number of fused-ring (bicyclic) bond motifs is 1. The van der Waals surface area contributed by atoms with Gasteiger partial charge in [-0.25, -0.2) is 0 Å². The fraction of sp³-hybridized carbons (Fsp3) is 0.222. The second-order valence-electron chi connectivity index (χ2n) is 8.54. The highest BCUT2D eigenvalue weighted by atomic mass is 16.2. The number of hydrogen-bond donors (Lipinski definition) is 0. The predicted molar refractivity (Wildman–Crippen MR) is 125 cm³/mol. The predicted octanol–water partition coefficient (Wildman–Crippen LogP) is 4.29. The Labute approximate surface area is 188 Å². The molecular formula is C27H25N3O2. The third-order valence-corrected chi connectivity index (χ3v) is 6.22. The van der Waals surface area contributed by atoms with Crippen LogP contribution in [0.4, 0.5) is 5.69 Å². The Balaban J connectivity index is 1.65. The maximum atomic E-state index is 13.1. The molecule has 2 aliphatic rings. The van der Waals surface area contributed by atoms with Crippen LogP contribution in [0, 0.1) is 11.3 Å². The van der Waals surface area contributed by atoms with Crippen molar-refractivity contribution in [2.24, 2.45) is 0 Å². The normalized spacial score (nSPS) is 19.9. The zero-order valence-electron chi connectivity index (χ0n) is 18.5. The highest BCUT2D eigenvalue weighted by Gasteiger charge is 2.38. The molecule has 0 bridgehead atoms. The lowest BCUT2D eigenvalue weighted by Gasteiger charge is -2.26. The molecule has 160 valence electrons. The van der Waals surface area contributed by atoms with Crippen molar-refractivity contribution in [1.82, 2.24) is 4.90 Å². The van der Waals surface area contributed by atoms with Crippen molar-refractivity contribution in [3.05, 3.63) is 101 Å². The van der Waals surface area contributed by atoms with E-state index in [4.69, 9.17) is 0 Å². The van der Waals surface area contributed by atoms with Crippen LogP contribution in [0.2, 0.25) is 0 Å². The molecule has 2 aliphatic heterocycles. The summed E-state index contributed by atoms with van der Waals surface area (Å²) in [5.74, 6) is -0.915. The van der Waals surface area contributed by atoms with Gasteiger partial charge in [0.2, 0.25) is 0 Å². The zero-order chi connectivity index (χ0) is 22.9. The Kier molecular flexibility index (Phi) is 5.54. The lowest BCUT2D eigenvalue weighted by Crippen LogP contribution is -2.42. The summed E-state index contributed by atoms with van der Waals surface area (Å²) < 4.78 is 0. The molecule has 0 saturated heterocycles. The number of amides is 2. The van der Waals surface area contributed by atoms with Crippen molar-refractivity contribution >= 4 is 17.5 Å². The first kappa shape index (κ1) is 21.3. The van der Waals surface area contributed by atoms with Gasteiger partial charge >= 0.3 is 0 Å². The third-order valence-electron chi connectivity index (χ3n) is 6.22.